The quantitative estimate of drug-likeness (QED) is 0.845. The van der Waals surface area contributed by atoms with Gasteiger partial charge in [-0.1, -0.05) is 12.8 Å². The smallest absolute Gasteiger partial charge is 0.160 e. The summed E-state index contributed by atoms with van der Waals surface area (Å²) in [5.74, 6) is 1.92. The molecule has 0 amide bonds. The normalized spacial score (nSPS) is 15.6. The van der Waals surface area contributed by atoms with Crippen LogP contribution in [0.1, 0.15) is 19.3 Å². The number of fused-ring (bicyclic) bond motifs is 1. The van der Waals surface area contributed by atoms with Crippen molar-refractivity contribution in [2.24, 2.45) is 5.92 Å². The largest absolute Gasteiger partial charge is 0.359 e. The van der Waals surface area contributed by atoms with E-state index in [2.05, 4.69) is 32.1 Å². The van der Waals surface area contributed by atoms with Gasteiger partial charge >= 0.3 is 0 Å². The molecule has 1 N–H and O–H groups in total. The lowest BCUT2D eigenvalue weighted by molar-refractivity contribution is 0.707. The highest BCUT2D eigenvalue weighted by Crippen LogP contribution is 2.33. The van der Waals surface area contributed by atoms with Gasteiger partial charge in [-0.05, 0) is 12.3 Å². The van der Waals surface area contributed by atoms with Crippen molar-refractivity contribution in [3.05, 3.63) is 12.5 Å². The zero-order valence-corrected chi connectivity index (χ0v) is 9.35. The third-order valence-electron chi connectivity index (χ3n) is 3.16. The summed E-state index contributed by atoms with van der Waals surface area (Å²) in [4.78, 5) is 10.7. The fraction of sp³-hybridized carbons (Fsp3) is 0.545. The summed E-state index contributed by atoms with van der Waals surface area (Å²) in [7, 11) is 2.08. The lowest BCUT2D eigenvalue weighted by Gasteiger charge is -2.18. The Morgan fingerprint density at radius 3 is 3.12 bits per heavy atom. The van der Waals surface area contributed by atoms with Crippen molar-refractivity contribution in [2.45, 2.75) is 19.3 Å². The standard InChI is InChI=1S/C11H15N5/c1-16(5-4-8-2-3-8)11-9-6-14-15-10(9)12-7-13-11/h6-8H,2-5H2,1H3,(H,12,13,14,15). The van der Waals surface area contributed by atoms with Crippen LogP contribution < -0.4 is 4.90 Å². The average molecular weight is 217 g/mol. The van der Waals surface area contributed by atoms with Crippen LogP contribution in [0.15, 0.2) is 12.5 Å². The first kappa shape index (κ1) is 9.57. The molecule has 2 aromatic rings. The maximum absolute atomic E-state index is 4.33. The molecular formula is C11H15N5. The molecule has 0 unspecified atom stereocenters. The Bertz CT molecular complexity index is 488. The molecule has 0 aromatic carbocycles. The van der Waals surface area contributed by atoms with E-state index < -0.39 is 0 Å². The number of anilines is 1. The van der Waals surface area contributed by atoms with Gasteiger partial charge in [0.15, 0.2) is 5.65 Å². The number of rotatable bonds is 4. The van der Waals surface area contributed by atoms with E-state index >= 15 is 0 Å². The van der Waals surface area contributed by atoms with Gasteiger partial charge in [0.1, 0.15) is 12.1 Å². The van der Waals surface area contributed by atoms with Gasteiger partial charge in [0, 0.05) is 13.6 Å². The topological polar surface area (TPSA) is 57.7 Å². The Morgan fingerprint density at radius 2 is 2.31 bits per heavy atom. The van der Waals surface area contributed by atoms with E-state index in [1.54, 1.807) is 12.5 Å². The van der Waals surface area contributed by atoms with Crippen LogP contribution in [0.2, 0.25) is 0 Å². The van der Waals surface area contributed by atoms with Crippen LogP contribution in [0.3, 0.4) is 0 Å². The molecule has 1 aliphatic rings. The maximum Gasteiger partial charge on any atom is 0.160 e. The molecule has 16 heavy (non-hydrogen) atoms. The van der Waals surface area contributed by atoms with Gasteiger partial charge in [-0.2, -0.15) is 5.10 Å². The number of nitrogens with zero attached hydrogens (tertiary/aromatic N) is 4. The van der Waals surface area contributed by atoms with Gasteiger partial charge in [-0.3, -0.25) is 5.10 Å². The molecule has 1 fully saturated rings. The first-order chi connectivity index (χ1) is 7.84. The summed E-state index contributed by atoms with van der Waals surface area (Å²) in [6.45, 7) is 1.06. The SMILES string of the molecule is CN(CCC1CC1)c1ncnc2[nH]ncc12. The Balaban J connectivity index is 1.82. The van der Waals surface area contributed by atoms with E-state index in [0.29, 0.717) is 0 Å². The minimum atomic E-state index is 0.809. The molecule has 0 radical (unpaired) electrons. The van der Waals surface area contributed by atoms with Gasteiger partial charge in [0.25, 0.3) is 0 Å². The number of nitrogens with one attached hydrogen (secondary N) is 1. The van der Waals surface area contributed by atoms with Gasteiger partial charge in [0.2, 0.25) is 0 Å². The van der Waals surface area contributed by atoms with Crippen molar-refractivity contribution in [3.8, 4) is 0 Å². The monoisotopic (exact) mass is 217 g/mol. The maximum atomic E-state index is 4.33. The second kappa shape index (κ2) is 3.73. The molecular weight excluding hydrogens is 202 g/mol. The predicted molar refractivity (Wildman–Crippen MR) is 62.3 cm³/mol. The lowest BCUT2D eigenvalue weighted by Crippen LogP contribution is -2.20. The number of aromatic nitrogens is 4. The van der Waals surface area contributed by atoms with Gasteiger partial charge < -0.3 is 4.90 Å². The third-order valence-corrected chi connectivity index (χ3v) is 3.16. The summed E-state index contributed by atoms with van der Waals surface area (Å²) >= 11 is 0. The van der Waals surface area contributed by atoms with Gasteiger partial charge in [0.05, 0.1) is 11.6 Å². The van der Waals surface area contributed by atoms with Crippen LogP contribution in [0.5, 0.6) is 0 Å². The molecule has 2 heterocycles. The van der Waals surface area contributed by atoms with E-state index in [4.69, 9.17) is 0 Å². The van der Waals surface area contributed by atoms with E-state index in [1.807, 2.05) is 0 Å². The highest BCUT2D eigenvalue weighted by atomic mass is 15.2. The highest BCUT2D eigenvalue weighted by Gasteiger charge is 2.21. The van der Waals surface area contributed by atoms with Crippen molar-refractivity contribution in [1.29, 1.82) is 0 Å². The lowest BCUT2D eigenvalue weighted by atomic mass is 10.2. The van der Waals surface area contributed by atoms with E-state index in [1.165, 1.54) is 19.3 Å². The molecule has 1 aliphatic carbocycles. The van der Waals surface area contributed by atoms with E-state index in [9.17, 15) is 0 Å². The van der Waals surface area contributed by atoms with Crippen molar-refractivity contribution >= 4 is 16.9 Å². The summed E-state index contributed by atoms with van der Waals surface area (Å²) in [6, 6.07) is 0. The van der Waals surface area contributed by atoms with Crippen molar-refractivity contribution in [3.63, 3.8) is 0 Å². The van der Waals surface area contributed by atoms with Crippen LogP contribution in [0.4, 0.5) is 5.82 Å². The number of hydrogen-bond donors (Lipinski definition) is 1. The van der Waals surface area contributed by atoms with Crippen LogP contribution in [0.25, 0.3) is 11.0 Å². The number of H-pyrrole nitrogens is 1. The highest BCUT2D eigenvalue weighted by molar-refractivity contribution is 5.85. The molecule has 0 bridgehead atoms. The number of hydrogen-bond acceptors (Lipinski definition) is 4. The van der Waals surface area contributed by atoms with Crippen LogP contribution in [-0.4, -0.2) is 33.8 Å². The predicted octanol–water partition coefficient (Wildman–Crippen LogP) is 1.59. The molecule has 1 saturated carbocycles. The van der Waals surface area contributed by atoms with Crippen LogP contribution >= 0.6 is 0 Å². The Labute approximate surface area is 93.9 Å². The first-order valence-corrected chi connectivity index (χ1v) is 5.70. The minimum Gasteiger partial charge on any atom is -0.359 e. The second-order valence-electron chi connectivity index (χ2n) is 4.48. The zero-order valence-electron chi connectivity index (χ0n) is 9.35. The number of aromatic amines is 1. The summed E-state index contributed by atoms with van der Waals surface area (Å²) in [6.07, 6.45) is 7.44. The summed E-state index contributed by atoms with van der Waals surface area (Å²) in [5.41, 5.74) is 0.809. The fourth-order valence-corrected chi connectivity index (χ4v) is 1.95. The average Bonchev–Trinajstić information content (AvgIpc) is 3.01. The van der Waals surface area contributed by atoms with Crippen molar-refractivity contribution < 1.29 is 0 Å². The molecule has 5 heteroatoms. The first-order valence-electron chi connectivity index (χ1n) is 5.70. The summed E-state index contributed by atoms with van der Waals surface area (Å²) in [5, 5.41) is 7.86. The van der Waals surface area contributed by atoms with Crippen molar-refractivity contribution in [1.82, 2.24) is 20.2 Å². The molecule has 0 saturated heterocycles. The fourth-order valence-electron chi connectivity index (χ4n) is 1.95. The molecule has 5 nitrogen and oxygen atoms in total. The molecule has 2 aromatic heterocycles. The molecule has 0 atom stereocenters. The third kappa shape index (κ3) is 1.73. The Kier molecular flexibility index (Phi) is 2.23. The van der Waals surface area contributed by atoms with Crippen molar-refractivity contribution in [2.75, 3.05) is 18.5 Å². The molecule has 0 spiro atoms. The van der Waals surface area contributed by atoms with Crippen LogP contribution in [0, 0.1) is 5.92 Å². The van der Waals surface area contributed by atoms with E-state index in [-0.39, 0.29) is 0 Å². The van der Waals surface area contributed by atoms with Gasteiger partial charge in [-0.15, -0.1) is 0 Å². The minimum absolute atomic E-state index is 0.809. The zero-order chi connectivity index (χ0) is 11.0. The Hall–Kier alpha value is -1.65. The summed E-state index contributed by atoms with van der Waals surface area (Å²) < 4.78 is 0. The molecule has 84 valence electrons. The molecule has 0 aliphatic heterocycles. The second-order valence-corrected chi connectivity index (χ2v) is 4.48. The van der Waals surface area contributed by atoms with Gasteiger partial charge in [-0.25, -0.2) is 9.97 Å². The molecule has 3 rings (SSSR count). The van der Waals surface area contributed by atoms with E-state index in [0.717, 1.165) is 29.3 Å². The Morgan fingerprint density at radius 1 is 1.44 bits per heavy atom. The van der Waals surface area contributed by atoms with Crippen LogP contribution in [-0.2, 0) is 0 Å².